The number of hydrogen-bond donors (Lipinski definition) is 1. The number of nitrogens with two attached hydrogens (primary N) is 1. The second kappa shape index (κ2) is 5.00. The van der Waals surface area contributed by atoms with Crippen LogP contribution < -0.4 is 5.73 Å². The number of thiazole rings is 1. The minimum atomic E-state index is 0.666. The minimum absolute atomic E-state index is 0.666. The van der Waals surface area contributed by atoms with Gasteiger partial charge in [-0.1, -0.05) is 11.3 Å². The van der Waals surface area contributed by atoms with Crippen LogP contribution in [0.3, 0.4) is 0 Å². The number of nitrogen functional groups attached to an aromatic ring is 1. The Kier molecular flexibility index (Phi) is 3.67. The van der Waals surface area contributed by atoms with Crippen molar-refractivity contribution in [3.63, 3.8) is 0 Å². The molecule has 0 spiro atoms. The van der Waals surface area contributed by atoms with Crippen LogP contribution in [0.2, 0.25) is 0 Å². The Morgan fingerprint density at radius 2 is 2.36 bits per heavy atom. The van der Waals surface area contributed by atoms with Gasteiger partial charge in [0.15, 0.2) is 5.13 Å². The number of hydrogen-bond acceptors (Lipinski definition) is 5. The van der Waals surface area contributed by atoms with Crippen LogP contribution in [0.1, 0.15) is 12.8 Å². The molecule has 14 heavy (non-hydrogen) atoms. The van der Waals surface area contributed by atoms with E-state index in [2.05, 4.69) is 4.98 Å². The van der Waals surface area contributed by atoms with E-state index < -0.39 is 0 Å². The zero-order valence-corrected chi connectivity index (χ0v) is 9.57. The van der Waals surface area contributed by atoms with Crippen LogP contribution in [0.15, 0.2) is 10.4 Å². The zero-order chi connectivity index (χ0) is 9.80. The van der Waals surface area contributed by atoms with Crippen molar-refractivity contribution < 1.29 is 4.74 Å². The highest BCUT2D eigenvalue weighted by Gasteiger charge is 2.14. The minimum Gasteiger partial charge on any atom is -0.381 e. The first-order chi connectivity index (χ1) is 6.84. The molecule has 1 aliphatic heterocycles. The Hall–Kier alpha value is -0.260. The van der Waals surface area contributed by atoms with Gasteiger partial charge in [-0.2, -0.15) is 0 Å². The second-order valence-corrected chi connectivity index (χ2v) is 5.77. The Balaban J connectivity index is 1.76. The van der Waals surface area contributed by atoms with E-state index in [0.29, 0.717) is 5.13 Å². The molecule has 5 heteroatoms. The van der Waals surface area contributed by atoms with Gasteiger partial charge in [0.05, 0.1) is 10.4 Å². The fourth-order valence-corrected chi connectivity index (χ4v) is 3.43. The van der Waals surface area contributed by atoms with Crippen molar-refractivity contribution in [2.75, 3.05) is 24.7 Å². The average molecular weight is 230 g/mol. The smallest absolute Gasteiger partial charge is 0.181 e. The Bertz CT molecular complexity index is 284. The van der Waals surface area contributed by atoms with Gasteiger partial charge in [-0.15, -0.1) is 11.8 Å². The van der Waals surface area contributed by atoms with Gasteiger partial charge in [-0.25, -0.2) is 4.98 Å². The Morgan fingerprint density at radius 3 is 3.00 bits per heavy atom. The molecule has 2 rings (SSSR count). The molecule has 1 aromatic heterocycles. The predicted octanol–water partition coefficient (Wildman–Crippen LogP) is 2.24. The zero-order valence-electron chi connectivity index (χ0n) is 7.94. The Labute approximate surface area is 92.1 Å². The topological polar surface area (TPSA) is 48.1 Å². The largest absolute Gasteiger partial charge is 0.381 e. The third kappa shape index (κ3) is 2.87. The highest BCUT2D eigenvalue weighted by Crippen LogP contribution is 2.30. The van der Waals surface area contributed by atoms with Gasteiger partial charge in [0, 0.05) is 19.0 Å². The van der Waals surface area contributed by atoms with E-state index in [-0.39, 0.29) is 0 Å². The first-order valence-corrected chi connectivity index (χ1v) is 6.56. The molecule has 0 amide bonds. The molecular weight excluding hydrogens is 216 g/mol. The maximum absolute atomic E-state index is 5.56. The third-order valence-electron chi connectivity index (χ3n) is 2.30. The molecule has 3 nitrogen and oxygen atoms in total. The maximum Gasteiger partial charge on any atom is 0.181 e. The van der Waals surface area contributed by atoms with Crippen molar-refractivity contribution in [1.82, 2.24) is 4.98 Å². The molecule has 1 fully saturated rings. The summed E-state index contributed by atoms with van der Waals surface area (Å²) in [5, 5.41) is 0.666. The lowest BCUT2D eigenvalue weighted by Crippen LogP contribution is -2.17. The maximum atomic E-state index is 5.56. The van der Waals surface area contributed by atoms with E-state index in [9.17, 15) is 0 Å². The normalized spacial score (nSPS) is 18.6. The van der Waals surface area contributed by atoms with Crippen LogP contribution in [-0.2, 0) is 4.74 Å². The molecule has 2 heterocycles. The SMILES string of the molecule is Nc1ncc(SCC2CCOCC2)s1. The van der Waals surface area contributed by atoms with Crippen molar-refractivity contribution >= 4 is 28.2 Å². The van der Waals surface area contributed by atoms with Gasteiger partial charge >= 0.3 is 0 Å². The summed E-state index contributed by atoms with van der Waals surface area (Å²) >= 11 is 3.44. The van der Waals surface area contributed by atoms with Crippen molar-refractivity contribution in [3.05, 3.63) is 6.20 Å². The van der Waals surface area contributed by atoms with Crippen LogP contribution >= 0.6 is 23.1 Å². The summed E-state index contributed by atoms with van der Waals surface area (Å²) in [5.74, 6) is 1.97. The molecule has 0 saturated carbocycles. The van der Waals surface area contributed by atoms with Crippen molar-refractivity contribution in [3.8, 4) is 0 Å². The summed E-state index contributed by atoms with van der Waals surface area (Å²) in [5.41, 5.74) is 5.56. The number of anilines is 1. The lowest BCUT2D eigenvalue weighted by molar-refractivity contribution is 0.0728. The summed E-state index contributed by atoms with van der Waals surface area (Å²) in [4.78, 5) is 4.03. The molecule has 0 aromatic carbocycles. The number of thioether (sulfide) groups is 1. The van der Waals surface area contributed by atoms with Gasteiger partial charge in [-0.05, 0) is 18.8 Å². The lowest BCUT2D eigenvalue weighted by Gasteiger charge is -2.20. The first-order valence-electron chi connectivity index (χ1n) is 4.76. The van der Waals surface area contributed by atoms with Crippen LogP contribution in [0.5, 0.6) is 0 Å². The van der Waals surface area contributed by atoms with Gasteiger partial charge in [0.1, 0.15) is 0 Å². The van der Waals surface area contributed by atoms with Crippen LogP contribution in [0.25, 0.3) is 0 Å². The standard InChI is InChI=1S/C9H14N2OS2/c10-9-11-5-8(14-9)13-6-7-1-3-12-4-2-7/h5,7H,1-4,6H2,(H2,10,11). The van der Waals surface area contributed by atoms with Crippen LogP contribution in [0.4, 0.5) is 5.13 Å². The monoisotopic (exact) mass is 230 g/mol. The van der Waals surface area contributed by atoms with Gasteiger partial charge < -0.3 is 10.5 Å². The Morgan fingerprint density at radius 1 is 1.57 bits per heavy atom. The number of ether oxygens (including phenoxy) is 1. The highest BCUT2D eigenvalue weighted by molar-refractivity contribution is 8.01. The van der Waals surface area contributed by atoms with Crippen molar-refractivity contribution in [2.45, 2.75) is 17.1 Å². The van der Waals surface area contributed by atoms with Gasteiger partial charge in [0.25, 0.3) is 0 Å². The van der Waals surface area contributed by atoms with Gasteiger partial charge in [-0.3, -0.25) is 0 Å². The highest BCUT2D eigenvalue weighted by atomic mass is 32.2. The average Bonchev–Trinajstić information content (AvgIpc) is 2.63. The molecule has 0 unspecified atom stereocenters. The summed E-state index contributed by atoms with van der Waals surface area (Å²) in [6.07, 6.45) is 4.26. The summed E-state index contributed by atoms with van der Waals surface area (Å²) in [6, 6.07) is 0. The molecule has 78 valence electrons. The fourth-order valence-electron chi connectivity index (χ4n) is 1.45. The molecule has 1 aliphatic rings. The van der Waals surface area contributed by atoms with Crippen molar-refractivity contribution in [2.24, 2.45) is 5.92 Å². The van der Waals surface area contributed by atoms with E-state index in [0.717, 1.165) is 19.1 Å². The number of rotatable bonds is 3. The third-order valence-corrected chi connectivity index (χ3v) is 4.56. The number of nitrogens with zero attached hydrogens (tertiary/aromatic N) is 1. The second-order valence-electron chi connectivity index (χ2n) is 3.38. The van der Waals surface area contributed by atoms with Crippen molar-refractivity contribution in [1.29, 1.82) is 0 Å². The number of aromatic nitrogens is 1. The fraction of sp³-hybridized carbons (Fsp3) is 0.667. The lowest BCUT2D eigenvalue weighted by atomic mass is 10.0. The molecule has 0 radical (unpaired) electrons. The summed E-state index contributed by atoms with van der Waals surface area (Å²) in [7, 11) is 0. The summed E-state index contributed by atoms with van der Waals surface area (Å²) < 4.78 is 6.55. The van der Waals surface area contributed by atoms with E-state index in [1.54, 1.807) is 11.3 Å². The first kappa shape index (κ1) is 10.3. The van der Waals surface area contributed by atoms with Gasteiger partial charge in [0.2, 0.25) is 0 Å². The predicted molar refractivity (Wildman–Crippen MR) is 60.8 cm³/mol. The van der Waals surface area contributed by atoms with E-state index in [1.807, 2.05) is 18.0 Å². The van der Waals surface area contributed by atoms with E-state index in [4.69, 9.17) is 10.5 Å². The van der Waals surface area contributed by atoms with E-state index >= 15 is 0 Å². The van der Waals surface area contributed by atoms with E-state index in [1.165, 1.54) is 22.8 Å². The van der Waals surface area contributed by atoms with Crippen LogP contribution in [-0.4, -0.2) is 24.0 Å². The summed E-state index contributed by atoms with van der Waals surface area (Å²) in [6.45, 7) is 1.85. The molecule has 0 atom stereocenters. The molecular formula is C9H14N2OS2. The molecule has 0 bridgehead atoms. The molecule has 0 aliphatic carbocycles. The van der Waals surface area contributed by atoms with Crippen LogP contribution in [0, 0.1) is 5.92 Å². The molecule has 1 aromatic rings. The molecule has 1 saturated heterocycles. The molecule has 2 N–H and O–H groups in total. The quantitative estimate of drug-likeness (QED) is 0.809.